The van der Waals surface area contributed by atoms with Crippen molar-refractivity contribution in [1.82, 2.24) is 15.6 Å². The van der Waals surface area contributed by atoms with Gasteiger partial charge in [-0.3, -0.25) is 9.89 Å². The molecule has 1 aromatic heterocycles. The molecule has 3 rings (SSSR count). The Morgan fingerprint density at radius 2 is 1.71 bits per heavy atom. The van der Waals surface area contributed by atoms with E-state index in [-0.39, 0.29) is 5.91 Å². The number of nitrogens with zero attached hydrogens (tertiary/aromatic N) is 2. The second-order valence-electron chi connectivity index (χ2n) is 5.52. The quantitative estimate of drug-likeness (QED) is 0.570. The number of aryl methyl sites for hydroxylation is 1. The van der Waals surface area contributed by atoms with Crippen molar-refractivity contribution < 1.29 is 4.79 Å². The number of aromatic amines is 1. The lowest BCUT2D eigenvalue weighted by atomic mass is 10.0. The van der Waals surface area contributed by atoms with Crippen LogP contribution in [0.15, 0.2) is 65.8 Å². The predicted molar refractivity (Wildman–Crippen MR) is 94.9 cm³/mol. The predicted octanol–water partition coefficient (Wildman–Crippen LogP) is 3.54. The highest BCUT2D eigenvalue weighted by Crippen LogP contribution is 2.19. The van der Waals surface area contributed by atoms with Crippen LogP contribution in [0, 0.1) is 6.92 Å². The van der Waals surface area contributed by atoms with Crippen LogP contribution in [0.2, 0.25) is 0 Å². The van der Waals surface area contributed by atoms with Crippen LogP contribution in [0.3, 0.4) is 0 Å². The second kappa shape index (κ2) is 6.91. The van der Waals surface area contributed by atoms with Crippen LogP contribution in [0.25, 0.3) is 11.1 Å². The van der Waals surface area contributed by atoms with Gasteiger partial charge in [-0.1, -0.05) is 54.6 Å². The zero-order valence-corrected chi connectivity index (χ0v) is 13.6. The lowest BCUT2D eigenvalue weighted by Crippen LogP contribution is -2.19. The van der Waals surface area contributed by atoms with E-state index < -0.39 is 0 Å². The van der Waals surface area contributed by atoms with E-state index in [1.165, 1.54) is 5.56 Å². The molecule has 2 aromatic carbocycles. The molecule has 120 valence electrons. The number of hydrogen-bond donors (Lipinski definition) is 2. The Balaban J connectivity index is 1.70. The molecule has 5 heteroatoms. The smallest absolute Gasteiger partial charge is 0.282 e. The first-order valence-corrected chi connectivity index (χ1v) is 7.66. The fourth-order valence-electron chi connectivity index (χ4n) is 2.33. The highest BCUT2D eigenvalue weighted by molar-refractivity contribution is 6.00. The summed E-state index contributed by atoms with van der Waals surface area (Å²) in [6.45, 7) is 3.69. The van der Waals surface area contributed by atoms with Crippen LogP contribution >= 0.6 is 0 Å². The number of amides is 1. The van der Waals surface area contributed by atoms with Gasteiger partial charge in [0.05, 0.1) is 5.71 Å². The van der Waals surface area contributed by atoms with Gasteiger partial charge in [0.15, 0.2) is 5.69 Å². The molecule has 0 aliphatic carbocycles. The Bertz CT molecular complexity index is 864. The van der Waals surface area contributed by atoms with Crippen LogP contribution in [-0.2, 0) is 0 Å². The molecule has 0 aliphatic heterocycles. The largest absolute Gasteiger partial charge is 0.291 e. The molecule has 0 saturated heterocycles. The Morgan fingerprint density at radius 1 is 1.04 bits per heavy atom. The summed E-state index contributed by atoms with van der Waals surface area (Å²) < 4.78 is 0. The summed E-state index contributed by atoms with van der Waals surface area (Å²) in [5, 5.41) is 10.8. The fourth-order valence-corrected chi connectivity index (χ4v) is 2.33. The van der Waals surface area contributed by atoms with E-state index in [0.717, 1.165) is 22.5 Å². The van der Waals surface area contributed by atoms with Crippen molar-refractivity contribution in [2.75, 3.05) is 0 Å². The van der Waals surface area contributed by atoms with Crippen LogP contribution in [-0.4, -0.2) is 21.8 Å². The van der Waals surface area contributed by atoms with E-state index in [9.17, 15) is 4.79 Å². The van der Waals surface area contributed by atoms with Gasteiger partial charge in [-0.05, 0) is 36.6 Å². The lowest BCUT2D eigenvalue weighted by molar-refractivity contribution is 0.0950. The summed E-state index contributed by atoms with van der Waals surface area (Å²) in [5.41, 5.74) is 7.67. The highest BCUT2D eigenvalue weighted by Gasteiger charge is 2.08. The van der Waals surface area contributed by atoms with Crippen LogP contribution in [0.5, 0.6) is 0 Å². The molecule has 24 heavy (non-hydrogen) atoms. The van der Waals surface area contributed by atoms with Gasteiger partial charge >= 0.3 is 0 Å². The monoisotopic (exact) mass is 318 g/mol. The minimum atomic E-state index is -0.334. The number of hydrazone groups is 1. The molecule has 1 amide bonds. The van der Waals surface area contributed by atoms with Gasteiger partial charge in [0, 0.05) is 5.69 Å². The maximum Gasteiger partial charge on any atom is 0.291 e. The molecule has 0 aliphatic rings. The number of H-pyrrole nitrogens is 1. The van der Waals surface area contributed by atoms with Crippen LogP contribution in [0.1, 0.15) is 28.7 Å². The lowest BCUT2D eigenvalue weighted by Gasteiger charge is -2.05. The molecule has 5 nitrogen and oxygen atoms in total. The fraction of sp³-hybridized carbons (Fsp3) is 0.105. The number of carbonyl (C=O) groups excluding carboxylic acids is 1. The SMILES string of the molecule is CC(=NNC(=O)c1cc(C)[nH]n1)c1ccc(-c2ccccc2)cc1. The van der Waals surface area contributed by atoms with Gasteiger partial charge in [-0.2, -0.15) is 10.2 Å². The van der Waals surface area contributed by atoms with Gasteiger partial charge in [0.1, 0.15) is 0 Å². The molecular formula is C19H18N4O. The zero-order valence-electron chi connectivity index (χ0n) is 13.6. The third kappa shape index (κ3) is 3.57. The minimum absolute atomic E-state index is 0.323. The maximum absolute atomic E-state index is 11.9. The summed E-state index contributed by atoms with van der Waals surface area (Å²) in [6.07, 6.45) is 0. The molecule has 1 heterocycles. The molecule has 0 fully saturated rings. The average molecular weight is 318 g/mol. The van der Waals surface area contributed by atoms with Crippen molar-refractivity contribution >= 4 is 11.6 Å². The molecule has 0 spiro atoms. The molecule has 0 bridgehead atoms. The van der Waals surface area contributed by atoms with E-state index in [1.807, 2.05) is 56.3 Å². The summed E-state index contributed by atoms with van der Waals surface area (Å²) in [5.74, 6) is -0.334. The standard InChI is InChI=1S/C19H18N4O/c1-13-12-18(22-20-13)19(24)23-21-14(2)15-8-10-17(11-9-15)16-6-4-3-5-7-16/h3-12H,1-2H3,(H,20,22)(H,23,24). The van der Waals surface area contributed by atoms with E-state index in [2.05, 4.69) is 32.9 Å². The van der Waals surface area contributed by atoms with E-state index in [4.69, 9.17) is 0 Å². The summed E-state index contributed by atoms with van der Waals surface area (Å²) in [4.78, 5) is 11.9. The Hall–Kier alpha value is -3.21. The first-order valence-electron chi connectivity index (χ1n) is 7.66. The third-order valence-electron chi connectivity index (χ3n) is 3.67. The maximum atomic E-state index is 11.9. The molecule has 2 N–H and O–H groups in total. The van der Waals surface area contributed by atoms with Gasteiger partial charge in [-0.25, -0.2) is 5.43 Å². The van der Waals surface area contributed by atoms with Gasteiger partial charge < -0.3 is 0 Å². The molecule has 0 unspecified atom stereocenters. The molecular weight excluding hydrogens is 300 g/mol. The molecule has 0 radical (unpaired) electrons. The van der Waals surface area contributed by atoms with Crippen LogP contribution < -0.4 is 5.43 Å². The zero-order chi connectivity index (χ0) is 16.9. The van der Waals surface area contributed by atoms with Crippen molar-refractivity contribution in [2.45, 2.75) is 13.8 Å². The Labute approximate surface area is 140 Å². The van der Waals surface area contributed by atoms with Crippen LogP contribution in [0.4, 0.5) is 0 Å². The number of aromatic nitrogens is 2. The van der Waals surface area contributed by atoms with Crippen molar-refractivity contribution in [3.8, 4) is 11.1 Å². The van der Waals surface area contributed by atoms with Crippen molar-refractivity contribution in [3.05, 3.63) is 77.6 Å². The second-order valence-corrected chi connectivity index (χ2v) is 5.52. The molecule has 0 saturated carbocycles. The topological polar surface area (TPSA) is 70.1 Å². The Kier molecular flexibility index (Phi) is 4.52. The van der Waals surface area contributed by atoms with Crippen molar-refractivity contribution in [2.24, 2.45) is 5.10 Å². The normalized spacial score (nSPS) is 11.3. The highest BCUT2D eigenvalue weighted by atomic mass is 16.2. The number of carbonyl (C=O) groups is 1. The first kappa shape index (κ1) is 15.7. The van der Waals surface area contributed by atoms with Gasteiger partial charge in [0.2, 0.25) is 0 Å². The Morgan fingerprint density at radius 3 is 2.33 bits per heavy atom. The average Bonchev–Trinajstić information content (AvgIpc) is 3.07. The summed E-state index contributed by atoms with van der Waals surface area (Å²) in [7, 11) is 0. The van der Waals surface area contributed by atoms with Gasteiger partial charge in [-0.15, -0.1) is 0 Å². The number of rotatable bonds is 4. The minimum Gasteiger partial charge on any atom is -0.282 e. The van der Waals surface area contributed by atoms with E-state index in [1.54, 1.807) is 6.07 Å². The van der Waals surface area contributed by atoms with E-state index in [0.29, 0.717) is 5.69 Å². The summed E-state index contributed by atoms with van der Waals surface area (Å²) >= 11 is 0. The molecule has 3 aromatic rings. The first-order chi connectivity index (χ1) is 11.6. The van der Waals surface area contributed by atoms with Gasteiger partial charge in [0.25, 0.3) is 5.91 Å². The summed E-state index contributed by atoms with van der Waals surface area (Å²) in [6, 6.07) is 19.9. The third-order valence-corrected chi connectivity index (χ3v) is 3.67. The number of hydrogen-bond acceptors (Lipinski definition) is 3. The number of benzene rings is 2. The molecule has 0 atom stereocenters. The number of nitrogens with one attached hydrogen (secondary N) is 2. The van der Waals surface area contributed by atoms with Crippen molar-refractivity contribution in [1.29, 1.82) is 0 Å². The van der Waals surface area contributed by atoms with E-state index >= 15 is 0 Å². The van der Waals surface area contributed by atoms with Crippen molar-refractivity contribution in [3.63, 3.8) is 0 Å².